The van der Waals surface area contributed by atoms with Crippen molar-refractivity contribution in [2.75, 3.05) is 26.3 Å². The summed E-state index contributed by atoms with van der Waals surface area (Å²) in [7, 11) is 0. The van der Waals surface area contributed by atoms with E-state index in [1.54, 1.807) is 4.90 Å². The van der Waals surface area contributed by atoms with Crippen molar-refractivity contribution in [3.8, 4) is 0 Å². The van der Waals surface area contributed by atoms with Crippen LogP contribution in [0.3, 0.4) is 0 Å². The molecule has 1 rings (SSSR count). The topological polar surface area (TPSA) is 87.1 Å². The van der Waals surface area contributed by atoms with Crippen LogP contribution in [0.4, 0.5) is 4.79 Å². The molecule has 1 aliphatic rings. The lowest BCUT2D eigenvalue weighted by molar-refractivity contribution is -0.134. The standard InChI is InChI=1S/C6H11NO3.C2H4O2/c8-4-1-2-7-3-5-10-6(7)9;1-2(3)4/h8H,1-5H2;1H3,(H,3,4). The Kier molecular flexibility index (Phi) is 6.47. The minimum atomic E-state index is -0.833. The fraction of sp³-hybridized carbons (Fsp3) is 0.750. The van der Waals surface area contributed by atoms with E-state index in [0.29, 0.717) is 26.1 Å². The predicted molar refractivity (Wildman–Crippen MR) is 47.9 cm³/mol. The van der Waals surface area contributed by atoms with Crippen LogP contribution in [-0.2, 0) is 9.53 Å². The van der Waals surface area contributed by atoms with Gasteiger partial charge in [0.25, 0.3) is 5.97 Å². The number of rotatable bonds is 3. The van der Waals surface area contributed by atoms with Gasteiger partial charge < -0.3 is 19.8 Å². The minimum absolute atomic E-state index is 0.129. The molecule has 82 valence electrons. The number of carboxylic acids is 1. The normalized spacial score (nSPS) is 14.4. The van der Waals surface area contributed by atoms with Crippen LogP contribution in [0.15, 0.2) is 0 Å². The largest absolute Gasteiger partial charge is 0.481 e. The van der Waals surface area contributed by atoms with Crippen molar-refractivity contribution < 1.29 is 24.5 Å². The van der Waals surface area contributed by atoms with Gasteiger partial charge in [0.15, 0.2) is 0 Å². The van der Waals surface area contributed by atoms with Gasteiger partial charge in [0.05, 0.1) is 6.54 Å². The van der Waals surface area contributed by atoms with Gasteiger partial charge in [-0.3, -0.25) is 4.79 Å². The van der Waals surface area contributed by atoms with Crippen LogP contribution in [-0.4, -0.2) is 53.5 Å². The van der Waals surface area contributed by atoms with E-state index in [0.717, 1.165) is 6.92 Å². The summed E-state index contributed by atoms with van der Waals surface area (Å²) in [6.07, 6.45) is 0.378. The number of carboxylic acid groups (broad SMARTS) is 1. The summed E-state index contributed by atoms with van der Waals surface area (Å²) in [5, 5.41) is 15.9. The molecule has 0 radical (unpaired) electrons. The number of aliphatic hydroxyl groups is 1. The molecule has 0 aliphatic carbocycles. The SMILES string of the molecule is CC(=O)O.O=C1OCCN1CCCO. The number of aliphatic carboxylic acids is 1. The maximum Gasteiger partial charge on any atom is 0.409 e. The fourth-order valence-electron chi connectivity index (χ4n) is 0.890. The molecule has 6 nitrogen and oxygen atoms in total. The van der Waals surface area contributed by atoms with Crippen LogP contribution in [0.25, 0.3) is 0 Å². The van der Waals surface area contributed by atoms with Crippen molar-refractivity contribution in [3.63, 3.8) is 0 Å². The first kappa shape index (κ1) is 12.7. The van der Waals surface area contributed by atoms with Crippen LogP contribution in [0.2, 0.25) is 0 Å². The summed E-state index contributed by atoms with van der Waals surface area (Å²) in [5.74, 6) is -0.833. The van der Waals surface area contributed by atoms with Crippen LogP contribution in [0.1, 0.15) is 13.3 Å². The molecule has 14 heavy (non-hydrogen) atoms. The zero-order valence-electron chi connectivity index (χ0n) is 8.10. The lowest BCUT2D eigenvalue weighted by Gasteiger charge is -2.09. The zero-order valence-corrected chi connectivity index (χ0v) is 8.10. The highest BCUT2D eigenvalue weighted by Gasteiger charge is 2.20. The Bertz CT molecular complexity index is 190. The first-order valence-electron chi connectivity index (χ1n) is 4.30. The summed E-state index contributed by atoms with van der Waals surface area (Å²) in [6.45, 7) is 2.97. The molecule has 1 fully saturated rings. The van der Waals surface area contributed by atoms with E-state index in [1.807, 2.05) is 0 Å². The number of cyclic esters (lactones) is 1. The van der Waals surface area contributed by atoms with Crippen molar-refractivity contribution in [1.29, 1.82) is 0 Å². The number of nitrogens with zero attached hydrogens (tertiary/aromatic N) is 1. The summed E-state index contributed by atoms with van der Waals surface area (Å²) >= 11 is 0. The van der Waals surface area contributed by atoms with Crippen molar-refractivity contribution in [2.45, 2.75) is 13.3 Å². The quantitative estimate of drug-likeness (QED) is 0.672. The van der Waals surface area contributed by atoms with Gasteiger partial charge in [-0.05, 0) is 6.42 Å². The lowest BCUT2D eigenvalue weighted by atomic mass is 10.4. The smallest absolute Gasteiger partial charge is 0.409 e. The van der Waals surface area contributed by atoms with E-state index in [4.69, 9.17) is 15.0 Å². The van der Waals surface area contributed by atoms with Crippen molar-refractivity contribution in [3.05, 3.63) is 0 Å². The monoisotopic (exact) mass is 205 g/mol. The summed E-state index contributed by atoms with van der Waals surface area (Å²) in [6, 6.07) is 0. The second kappa shape index (κ2) is 7.14. The van der Waals surface area contributed by atoms with Gasteiger partial charge in [-0.1, -0.05) is 0 Å². The Balaban J connectivity index is 0.000000364. The summed E-state index contributed by atoms with van der Waals surface area (Å²) in [4.78, 5) is 21.3. The molecular formula is C8H15NO5. The Labute approximate surface area is 82.1 Å². The minimum Gasteiger partial charge on any atom is -0.481 e. The highest BCUT2D eigenvalue weighted by Crippen LogP contribution is 2.02. The van der Waals surface area contributed by atoms with E-state index in [1.165, 1.54) is 0 Å². The lowest BCUT2D eigenvalue weighted by Crippen LogP contribution is -2.25. The molecule has 0 atom stereocenters. The fourth-order valence-corrected chi connectivity index (χ4v) is 0.890. The molecule has 2 N–H and O–H groups in total. The van der Waals surface area contributed by atoms with E-state index >= 15 is 0 Å². The van der Waals surface area contributed by atoms with E-state index in [-0.39, 0.29) is 12.7 Å². The van der Waals surface area contributed by atoms with Crippen molar-refractivity contribution in [1.82, 2.24) is 4.90 Å². The Morgan fingerprint density at radius 2 is 2.21 bits per heavy atom. The molecule has 1 saturated heterocycles. The van der Waals surface area contributed by atoms with Gasteiger partial charge in [-0.2, -0.15) is 0 Å². The Hall–Kier alpha value is -1.30. The van der Waals surface area contributed by atoms with Crippen LogP contribution in [0, 0.1) is 0 Å². The highest BCUT2D eigenvalue weighted by atomic mass is 16.6. The summed E-state index contributed by atoms with van der Waals surface area (Å²) < 4.78 is 4.67. The third-order valence-corrected chi connectivity index (χ3v) is 1.43. The maximum absolute atomic E-state index is 10.7. The number of amides is 1. The first-order valence-corrected chi connectivity index (χ1v) is 4.30. The highest BCUT2D eigenvalue weighted by molar-refractivity contribution is 5.69. The molecule has 1 amide bonds. The van der Waals surface area contributed by atoms with E-state index in [9.17, 15) is 4.79 Å². The third kappa shape index (κ3) is 6.24. The van der Waals surface area contributed by atoms with Gasteiger partial charge >= 0.3 is 6.09 Å². The first-order chi connectivity index (χ1) is 6.57. The molecule has 6 heteroatoms. The van der Waals surface area contributed by atoms with Crippen LogP contribution < -0.4 is 0 Å². The van der Waals surface area contributed by atoms with Crippen molar-refractivity contribution in [2.24, 2.45) is 0 Å². The molecule has 0 aromatic heterocycles. The molecule has 0 spiro atoms. The number of carbonyl (C=O) groups excluding carboxylic acids is 1. The molecule has 0 unspecified atom stereocenters. The second-order valence-corrected chi connectivity index (χ2v) is 2.70. The predicted octanol–water partition coefficient (Wildman–Crippen LogP) is -0.0881. The third-order valence-electron chi connectivity index (χ3n) is 1.43. The van der Waals surface area contributed by atoms with Gasteiger partial charge in [0.2, 0.25) is 0 Å². The molecule has 1 aliphatic heterocycles. The van der Waals surface area contributed by atoms with Crippen LogP contribution in [0.5, 0.6) is 0 Å². The summed E-state index contributed by atoms with van der Waals surface area (Å²) in [5.41, 5.74) is 0. The number of hydrogen-bond donors (Lipinski definition) is 2. The van der Waals surface area contributed by atoms with Crippen molar-refractivity contribution >= 4 is 12.1 Å². The molecular weight excluding hydrogens is 190 g/mol. The number of carbonyl (C=O) groups is 2. The number of aliphatic hydroxyl groups excluding tert-OH is 1. The van der Waals surface area contributed by atoms with Gasteiger partial charge in [-0.25, -0.2) is 4.79 Å². The number of ether oxygens (including phenoxy) is 1. The molecule has 0 saturated carbocycles. The zero-order chi connectivity index (χ0) is 11.0. The second-order valence-electron chi connectivity index (χ2n) is 2.70. The molecule has 0 aromatic rings. The van der Waals surface area contributed by atoms with Gasteiger partial charge in [0.1, 0.15) is 6.61 Å². The Morgan fingerprint density at radius 3 is 2.57 bits per heavy atom. The van der Waals surface area contributed by atoms with Crippen LogP contribution >= 0.6 is 0 Å². The van der Waals surface area contributed by atoms with Gasteiger partial charge in [-0.15, -0.1) is 0 Å². The van der Waals surface area contributed by atoms with Gasteiger partial charge in [0, 0.05) is 20.1 Å². The average molecular weight is 205 g/mol. The molecule has 0 aromatic carbocycles. The van der Waals surface area contributed by atoms with E-state index in [2.05, 4.69) is 4.74 Å². The maximum atomic E-state index is 10.7. The molecule has 1 heterocycles. The average Bonchev–Trinajstić information content (AvgIpc) is 2.47. The Morgan fingerprint density at radius 1 is 1.64 bits per heavy atom. The molecule has 0 bridgehead atoms. The number of hydrogen-bond acceptors (Lipinski definition) is 4. The van der Waals surface area contributed by atoms with E-state index < -0.39 is 5.97 Å².